The quantitative estimate of drug-likeness (QED) is 0.776. The van der Waals surface area contributed by atoms with E-state index in [4.69, 9.17) is 27.2 Å². The average molecular weight is 202 g/mol. The summed E-state index contributed by atoms with van der Waals surface area (Å²) in [5.74, 6) is 0.533. The Labute approximate surface area is 82.1 Å². The van der Waals surface area contributed by atoms with E-state index in [9.17, 15) is 0 Å². The van der Waals surface area contributed by atoms with Gasteiger partial charge in [0.25, 0.3) is 0 Å². The number of ether oxygens (including phenoxy) is 1. The third-order valence-corrected chi connectivity index (χ3v) is 2.10. The highest BCUT2D eigenvalue weighted by Crippen LogP contribution is 2.31. The summed E-state index contributed by atoms with van der Waals surface area (Å²) >= 11 is 5.87. The predicted octanol–water partition coefficient (Wildman–Crippen LogP) is 1.34. The van der Waals surface area contributed by atoms with Crippen LogP contribution in [0.25, 0.3) is 0 Å². The highest BCUT2D eigenvalue weighted by atomic mass is 35.5. The van der Waals surface area contributed by atoms with E-state index in [1.165, 1.54) is 7.11 Å². The first-order valence-electron chi connectivity index (χ1n) is 3.89. The molecule has 1 unspecified atom stereocenters. The first-order valence-corrected chi connectivity index (χ1v) is 4.27. The molecule has 1 rings (SSSR count). The van der Waals surface area contributed by atoms with E-state index in [0.29, 0.717) is 10.8 Å². The van der Waals surface area contributed by atoms with Gasteiger partial charge in [-0.3, -0.25) is 0 Å². The molecule has 0 heterocycles. The van der Waals surface area contributed by atoms with Crippen LogP contribution < -0.4 is 10.5 Å². The van der Waals surface area contributed by atoms with Gasteiger partial charge < -0.3 is 15.6 Å². The Hall–Kier alpha value is -0.770. The van der Waals surface area contributed by atoms with Gasteiger partial charge >= 0.3 is 0 Å². The minimum atomic E-state index is -0.450. The minimum absolute atomic E-state index is 0.128. The molecule has 0 aliphatic heterocycles. The van der Waals surface area contributed by atoms with Crippen molar-refractivity contribution >= 4 is 11.6 Å². The SMILES string of the molecule is COc1c(Cl)cccc1C(N)CO. The first kappa shape index (κ1) is 10.3. The summed E-state index contributed by atoms with van der Waals surface area (Å²) in [5, 5.41) is 9.38. The van der Waals surface area contributed by atoms with Crippen molar-refractivity contribution in [1.29, 1.82) is 0 Å². The zero-order valence-corrected chi connectivity index (χ0v) is 8.08. The molecule has 72 valence electrons. The maximum absolute atomic E-state index is 8.88. The van der Waals surface area contributed by atoms with E-state index in [2.05, 4.69) is 0 Å². The molecule has 1 aromatic carbocycles. The van der Waals surface area contributed by atoms with Gasteiger partial charge in [-0.2, -0.15) is 0 Å². The summed E-state index contributed by atoms with van der Waals surface area (Å²) < 4.78 is 5.08. The molecule has 0 amide bonds. The van der Waals surface area contributed by atoms with Crippen LogP contribution in [-0.2, 0) is 0 Å². The van der Waals surface area contributed by atoms with Gasteiger partial charge in [0, 0.05) is 5.56 Å². The average Bonchev–Trinajstić information content (AvgIpc) is 2.16. The second-order valence-corrected chi connectivity index (χ2v) is 3.06. The smallest absolute Gasteiger partial charge is 0.142 e. The van der Waals surface area contributed by atoms with Crippen LogP contribution >= 0.6 is 11.6 Å². The number of aliphatic hydroxyl groups excluding tert-OH is 1. The lowest BCUT2D eigenvalue weighted by molar-refractivity contribution is 0.264. The molecule has 0 bridgehead atoms. The largest absolute Gasteiger partial charge is 0.495 e. The summed E-state index contributed by atoms with van der Waals surface area (Å²) in [4.78, 5) is 0. The van der Waals surface area contributed by atoms with E-state index < -0.39 is 6.04 Å². The molecule has 0 aromatic heterocycles. The minimum Gasteiger partial charge on any atom is -0.495 e. The van der Waals surface area contributed by atoms with Crippen molar-refractivity contribution in [2.75, 3.05) is 13.7 Å². The van der Waals surface area contributed by atoms with Gasteiger partial charge in [-0.25, -0.2) is 0 Å². The Kier molecular flexibility index (Phi) is 3.54. The van der Waals surface area contributed by atoms with E-state index in [1.54, 1.807) is 18.2 Å². The van der Waals surface area contributed by atoms with Gasteiger partial charge in [0.05, 0.1) is 24.8 Å². The van der Waals surface area contributed by atoms with E-state index in [-0.39, 0.29) is 6.61 Å². The Bertz CT molecular complexity index is 291. The van der Waals surface area contributed by atoms with Crippen LogP contribution in [0.4, 0.5) is 0 Å². The highest BCUT2D eigenvalue weighted by molar-refractivity contribution is 6.32. The van der Waals surface area contributed by atoms with Crippen LogP contribution in [0, 0.1) is 0 Å². The number of nitrogens with two attached hydrogens (primary N) is 1. The third-order valence-electron chi connectivity index (χ3n) is 1.80. The maximum Gasteiger partial charge on any atom is 0.142 e. The fourth-order valence-corrected chi connectivity index (χ4v) is 1.39. The number of hydrogen-bond donors (Lipinski definition) is 2. The van der Waals surface area contributed by atoms with Gasteiger partial charge in [0.15, 0.2) is 0 Å². The monoisotopic (exact) mass is 201 g/mol. The van der Waals surface area contributed by atoms with Crippen molar-refractivity contribution in [1.82, 2.24) is 0 Å². The first-order chi connectivity index (χ1) is 6.20. The molecular weight excluding hydrogens is 190 g/mol. The fourth-order valence-electron chi connectivity index (χ4n) is 1.13. The van der Waals surface area contributed by atoms with E-state index in [1.807, 2.05) is 0 Å². The predicted molar refractivity (Wildman–Crippen MR) is 52.0 cm³/mol. The second-order valence-electron chi connectivity index (χ2n) is 2.65. The molecule has 4 heteroatoms. The summed E-state index contributed by atoms with van der Waals surface area (Å²) in [6, 6.07) is 4.82. The molecule has 0 spiro atoms. The molecule has 3 nitrogen and oxygen atoms in total. The Morgan fingerprint density at radius 2 is 2.31 bits per heavy atom. The molecule has 1 aromatic rings. The summed E-state index contributed by atoms with van der Waals surface area (Å²) in [6.07, 6.45) is 0. The van der Waals surface area contributed by atoms with Gasteiger partial charge in [-0.15, -0.1) is 0 Å². The molecular formula is C9H12ClNO2. The molecule has 0 fully saturated rings. The van der Waals surface area contributed by atoms with E-state index in [0.717, 1.165) is 5.56 Å². The zero-order chi connectivity index (χ0) is 9.84. The molecule has 0 saturated carbocycles. The lowest BCUT2D eigenvalue weighted by atomic mass is 10.1. The Morgan fingerprint density at radius 3 is 2.85 bits per heavy atom. The van der Waals surface area contributed by atoms with Gasteiger partial charge in [0.2, 0.25) is 0 Å². The van der Waals surface area contributed by atoms with E-state index >= 15 is 0 Å². The summed E-state index contributed by atoms with van der Waals surface area (Å²) in [5.41, 5.74) is 6.37. The molecule has 0 aliphatic carbocycles. The van der Waals surface area contributed by atoms with Gasteiger partial charge in [0.1, 0.15) is 5.75 Å². The number of benzene rings is 1. The third kappa shape index (κ3) is 2.12. The standard InChI is InChI=1S/C9H12ClNO2/c1-13-9-6(8(11)5-12)3-2-4-7(9)10/h2-4,8,12H,5,11H2,1H3. The van der Waals surface area contributed by atoms with Crippen LogP contribution in [0.2, 0.25) is 5.02 Å². The van der Waals surface area contributed by atoms with Crippen molar-refractivity contribution in [2.45, 2.75) is 6.04 Å². The maximum atomic E-state index is 8.88. The number of hydrogen-bond acceptors (Lipinski definition) is 3. The molecule has 0 aliphatic rings. The molecule has 0 radical (unpaired) electrons. The Morgan fingerprint density at radius 1 is 1.62 bits per heavy atom. The van der Waals surface area contributed by atoms with Crippen LogP contribution in [0.3, 0.4) is 0 Å². The Balaban J connectivity index is 3.12. The normalized spacial score (nSPS) is 12.6. The summed E-state index contributed by atoms with van der Waals surface area (Å²) in [6.45, 7) is -0.128. The lowest BCUT2D eigenvalue weighted by Crippen LogP contribution is -2.15. The lowest BCUT2D eigenvalue weighted by Gasteiger charge is -2.14. The molecule has 0 saturated heterocycles. The number of aliphatic hydroxyl groups is 1. The topological polar surface area (TPSA) is 55.5 Å². The van der Waals surface area contributed by atoms with Crippen LogP contribution in [0.5, 0.6) is 5.75 Å². The molecule has 3 N–H and O–H groups in total. The molecule has 1 atom stereocenters. The van der Waals surface area contributed by atoms with Crippen molar-refractivity contribution in [3.8, 4) is 5.75 Å². The number of methoxy groups -OCH3 is 1. The van der Waals surface area contributed by atoms with Crippen LogP contribution in [-0.4, -0.2) is 18.8 Å². The summed E-state index contributed by atoms with van der Waals surface area (Å²) in [7, 11) is 1.52. The highest BCUT2D eigenvalue weighted by Gasteiger charge is 2.12. The second kappa shape index (κ2) is 4.46. The zero-order valence-electron chi connectivity index (χ0n) is 7.33. The van der Waals surface area contributed by atoms with Crippen molar-refractivity contribution in [3.63, 3.8) is 0 Å². The van der Waals surface area contributed by atoms with Gasteiger partial charge in [-0.05, 0) is 6.07 Å². The van der Waals surface area contributed by atoms with Crippen molar-refractivity contribution in [3.05, 3.63) is 28.8 Å². The number of para-hydroxylation sites is 1. The van der Waals surface area contributed by atoms with Crippen molar-refractivity contribution < 1.29 is 9.84 Å². The van der Waals surface area contributed by atoms with Crippen LogP contribution in [0.1, 0.15) is 11.6 Å². The van der Waals surface area contributed by atoms with Gasteiger partial charge in [-0.1, -0.05) is 23.7 Å². The number of rotatable bonds is 3. The van der Waals surface area contributed by atoms with Crippen molar-refractivity contribution in [2.24, 2.45) is 5.73 Å². The molecule has 13 heavy (non-hydrogen) atoms. The van der Waals surface area contributed by atoms with Crippen LogP contribution in [0.15, 0.2) is 18.2 Å². The fraction of sp³-hybridized carbons (Fsp3) is 0.333. The number of halogens is 1.